The highest BCUT2D eigenvalue weighted by Gasteiger charge is 2.27. The topological polar surface area (TPSA) is 33.1 Å². The maximum Gasteiger partial charge on any atom is 0.0827 e. The average Bonchev–Trinajstić information content (AvgIpc) is 2.67. The van der Waals surface area contributed by atoms with E-state index < -0.39 is 0 Å². The molecule has 0 amide bonds. The van der Waals surface area contributed by atoms with Gasteiger partial charge in [0.25, 0.3) is 0 Å². The Hall–Kier alpha value is -1.03. The van der Waals surface area contributed by atoms with Crippen molar-refractivity contribution in [1.29, 1.82) is 0 Å². The van der Waals surface area contributed by atoms with Gasteiger partial charge in [-0.15, -0.1) is 0 Å². The highest BCUT2D eigenvalue weighted by Crippen LogP contribution is 2.24. The molecule has 1 N–H and O–H groups in total. The van der Waals surface area contributed by atoms with Crippen LogP contribution >= 0.6 is 0 Å². The molecule has 1 fully saturated rings. The lowest BCUT2D eigenvalue weighted by atomic mass is 10.0. The number of piperazine rings is 1. The number of aromatic nitrogens is 2. The Bertz CT molecular complexity index is 371. The number of hydrogen-bond acceptors (Lipinski definition) is 3. The summed E-state index contributed by atoms with van der Waals surface area (Å²) in [5.41, 5.74) is 2.45. The molecule has 96 valence electrons. The van der Waals surface area contributed by atoms with Crippen molar-refractivity contribution in [3.63, 3.8) is 0 Å². The molecule has 2 unspecified atom stereocenters. The Kier molecular flexibility index (Phi) is 3.72. The van der Waals surface area contributed by atoms with Crippen LogP contribution in [0.1, 0.15) is 32.4 Å². The third-order valence-corrected chi connectivity index (χ3v) is 3.76. The van der Waals surface area contributed by atoms with Crippen LogP contribution in [-0.2, 0) is 7.05 Å². The first-order valence-electron chi connectivity index (χ1n) is 6.66. The molecule has 0 aromatic carbocycles. The van der Waals surface area contributed by atoms with E-state index in [2.05, 4.69) is 42.3 Å². The van der Waals surface area contributed by atoms with Gasteiger partial charge in [0, 0.05) is 38.4 Å². The number of nitrogens with one attached hydrogen (secondary N) is 1. The van der Waals surface area contributed by atoms with Crippen molar-refractivity contribution < 1.29 is 0 Å². The van der Waals surface area contributed by atoms with Gasteiger partial charge < -0.3 is 10.2 Å². The van der Waals surface area contributed by atoms with E-state index in [1.54, 1.807) is 0 Å². The van der Waals surface area contributed by atoms with Crippen LogP contribution in [0.3, 0.4) is 0 Å². The molecule has 1 aliphatic heterocycles. The molecule has 1 aliphatic rings. The molecule has 4 heteroatoms. The summed E-state index contributed by atoms with van der Waals surface area (Å²) in [6, 6.07) is 1.21. The van der Waals surface area contributed by atoms with E-state index in [4.69, 9.17) is 0 Å². The molecule has 4 nitrogen and oxygen atoms in total. The Morgan fingerprint density at radius 2 is 2.18 bits per heavy atom. The Morgan fingerprint density at radius 1 is 1.41 bits per heavy atom. The van der Waals surface area contributed by atoms with Crippen LogP contribution in [0.5, 0.6) is 0 Å². The lowest BCUT2D eigenvalue weighted by Gasteiger charge is -2.41. The minimum absolute atomic E-state index is 0.598. The van der Waals surface area contributed by atoms with Gasteiger partial charge in [0.15, 0.2) is 0 Å². The normalized spacial score (nSPS) is 25.3. The summed E-state index contributed by atoms with van der Waals surface area (Å²) in [6.45, 7) is 8.80. The first kappa shape index (κ1) is 12.4. The molecule has 2 atom stereocenters. The van der Waals surface area contributed by atoms with E-state index in [0.29, 0.717) is 12.1 Å². The van der Waals surface area contributed by atoms with Crippen LogP contribution in [0.25, 0.3) is 0 Å². The number of anilines is 1. The first-order valence-corrected chi connectivity index (χ1v) is 6.66. The number of nitrogens with zero attached hydrogens (tertiary/aromatic N) is 3. The van der Waals surface area contributed by atoms with Gasteiger partial charge in [-0.25, -0.2) is 0 Å². The van der Waals surface area contributed by atoms with Gasteiger partial charge in [0.05, 0.1) is 11.4 Å². The Balaban J connectivity index is 2.23. The van der Waals surface area contributed by atoms with Crippen molar-refractivity contribution >= 4 is 5.69 Å². The molecule has 2 rings (SSSR count). The van der Waals surface area contributed by atoms with Crippen LogP contribution in [0.15, 0.2) is 6.20 Å². The molecule has 0 saturated carbocycles. The summed E-state index contributed by atoms with van der Waals surface area (Å²) in [7, 11) is 2.00. The van der Waals surface area contributed by atoms with Gasteiger partial charge in [-0.2, -0.15) is 5.10 Å². The van der Waals surface area contributed by atoms with Gasteiger partial charge in [-0.1, -0.05) is 13.8 Å². The second-order valence-corrected chi connectivity index (χ2v) is 5.00. The zero-order valence-electron chi connectivity index (χ0n) is 11.4. The van der Waals surface area contributed by atoms with Crippen molar-refractivity contribution in [2.45, 2.75) is 45.7 Å². The molecule has 0 spiro atoms. The van der Waals surface area contributed by atoms with E-state index in [-0.39, 0.29) is 0 Å². The molecule has 17 heavy (non-hydrogen) atoms. The van der Waals surface area contributed by atoms with E-state index in [9.17, 15) is 0 Å². The predicted octanol–water partition coefficient (Wildman–Crippen LogP) is 1.70. The van der Waals surface area contributed by atoms with E-state index in [1.807, 2.05) is 11.7 Å². The smallest absolute Gasteiger partial charge is 0.0827 e. The number of rotatable bonds is 3. The van der Waals surface area contributed by atoms with Crippen LogP contribution in [0.4, 0.5) is 5.69 Å². The quantitative estimate of drug-likeness (QED) is 0.867. The zero-order valence-corrected chi connectivity index (χ0v) is 11.4. The van der Waals surface area contributed by atoms with Gasteiger partial charge in [-0.3, -0.25) is 4.68 Å². The summed E-state index contributed by atoms with van der Waals surface area (Å²) in [5.74, 6) is 0. The molecule has 0 aliphatic carbocycles. The van der Waals surface area contributed by atoms with Crippen molar-refractivity contribution in [3.8, 4) is 0 Å². The summed E-state index contributed by atoms with van der Waals surface area (Å²) in [5, 5.41) is 8.09. The van der Waals surface area contributed by atoms with Gasteiger partial charge in [0.2, 0.25) is 0 Å². The zero-order chi connectivity index (χ0) is 12.4. The van der Waals surface area contributed by atoms with Crippen molar-refractivity contribution in [3.05, 3.63) is 11.9 Å². The molecule has 0 bridgehead atoms. The summed E-state index contributed by atoms with van der Waals surface area (Å²) in [4.78, 5) is 2.53. The number of hydrogen-bond donors (Lipinski definition) is 1. The second kappa shape index (κ2) is 5.08. The Labute approximate surface area is 104 Å². The average molecular weight is 236 g/mol. The van der Waals surface area contributed by atoms with Crippen LogP contribution in [0.2, 0.25) is 0 Å². The lowest BCUT2D eigenvalue weighted by molar-refractivity contribution is 0.378. The lowest BCUT2D eigenvalue weighted by Crippen LogP contribution is -2.56. The summed E-state index contributed by atoms with van der Waals surface area (Å²) < 4.78 is 1.92. The summed E-state index contributed by atoms with van der Waals surface area (Å²) in [6.07, 6.45) is 4.51. The molecular weight excluding hydrogens is 212 g/mol. The molecule has 2 heterocycles. The fraction of sp³-hybridized carbons (Fsp3) is 0.769. The van der Waals surface area contributed by atoms with Gasteiger partial charge in [-0.05, 0) is 19.8 Å². The van der Waals surface area contributed by atoms with Crippen molar-refractivity contribution in [2.75, 3.05) is 18.0 Å². The standard InChI is InChI=1S/C13H24N4/c1-5-11-8-17(12(6-2)7-14-11)13-9-16(4)15-10(13)3/h9,11-12,14H,5-8H2,1-4H3. The predicted molar refractivity (Wildman–Crippen MR) is 71.5 cm³/mol. The third-order valence-electron chi connectivity index (χ3n) is 3.76. The molecule has 0 radical (unpaired) electrons. The first-order chi connectivity index (χ1) is 8.15. The number of aryl methyl sites for hydroxylation is 2. The second-order valence-electron chi connectivity index (χ2n) is 5.00. The van der Waals surface area contributed by atoms with Gasteiger partial charge >= 0.3 is 0 Å². The minimum atomic E-state index is 0.598. The highest BCUT2D eigenvalue weighted by atomic mass is 15.3. The molecule has 1 saturated heterocycles. The maximum atomic E-state index is 4.46. The van der Waals surface area contributed by atoms with Gasteiger partial charge in [0.1, 0.15) is 0 Å². The fourth-order valence-corrected chi connectivity index (χ4v) is 2.67. The van der Waals surface area contributed by atoms with Crippen molar-refractivity contribution in [2.24, 2.45) is 7.05 Å². The SMILES string of the molecule is CCC1CN(c2cn(C)nc2C)C(CC)CN1. The largest absolute Gasteiger partial charge is 0.363 e. The van der Waals surface area contributed by atoms with Crippen LogP contribution < -0.4 is 10.2 Å². The van der Waals surface area contributed by atoms with E-state index in [0.717, 1.165) is 18.8 Å². The minimum Gasteiger partial charge on any atom is -0.363 e. The fourth-order valence-electron chi connectivity index (χ4n) is 2.67. The highest BCUT2D eigenvalue weighted by molar-refractivity contribution is 5.50. The maximum absolute atomic E-state index is 4.46. The van der Waals surface area contributed by atoms with Crippen LogP contribution in [0, 0.1) is 6.92 Å². The molecule has 1 aromatic heterocycles. The monoisotopic (exact) mass is 236 g/mol. The molecule has 1 aromatic rings. The van der Waals surface area contributed by atoms with E-state index in [1.165, 1.54) is 18.5 Å². The van der Waals surface area contributed by atoms with Crippen LogP contribution in [-0.4, -0.2) is 35.0 Å². The van der Waals surface area contributed by atoms with E-state index >= 15 is 0 Å². The Morgan fingerprint density at radius 3 is 2.71 bits per heavy atom. The third kappa shape index (κ3) is 2.46. The van der Waals surface area contributed by atoms with Crippen molar-refractivity contribution in [1.82, 2.24) is 15.1 Å². The summed E-state index contributed by atoms with van der Waals surface area (Å²) >= 11 is 0. The molecular formula is C13H24N4.